The van der Waals surface area contributed by atoms with Gasteiger partial charge in [-0.05, 0) is 19.3 Å². The minimum atomic E-state index is 0.882. The van der Waals surface area contributed by atoms with E-state index in [0.29, 0.717) is 0 Å². The molecule has 1 saturated heterocycles. The first-order valence-corrected chi connectivity index (χ1v) is 6.06. The van der Waals surface area contributed by atoms with Crippen molar-refractivity contribution in [2.45, 2.75) is 19.3 Å². The maximum absolute atomic E-state index is 10.6. The number of hydrogen-bond acceptors (Lipinski definition) is 1. The summed E-state index contributed by atoms with van der Waals surface area (Å²) < 4.78 is 0. The number of carbonyl (C=O) groups excluding carboxylic acids is 1. The van der Waals surface area contributed by atoms with E-state index >= 15 is 0 Å². The second-order valence-electron chi connectivity index (χ2n) is 4.75. The van der Waals surface area contributed by atoms with Gasteiger partial charge in [0.2, 0.25) is 6.41 Å². The van der Waals surface area contributed by atoms with E-state index in [4.69, 9.17) is 0 Å². The van der Waals surface area contributed by atoms with Crippen molar-refractivity contribution in [1.82, 2.24) is 4.90 Å². The number of nitrogens with zero attached hydrogens (tertiary/aromatic N) is 1. The Morgan fingerprint density at radius 3 is 2.73 bits per heavy atom. The zero-order valence-electron chi connectivity index (χ0n) is 9.32. The van der Waals surface area contributed by atoms with E-state index in [1.165, 1.54) is 25.8 Å². The zero-order valence-corrected chi connectivity index (χ0v) is 9.32. The molecule has 84 valence electrons. The average Bonchev–Trinajstić information content (AvgIpc) is 2.31. The van der Waals surface area contributed by atoms with Crippen molar-refractivity contribution in [3.63, 3.8) is 0 Å². The highest BCUT2D eigenvalue weighted by atomic mass is 16.1. The topological polar surface area (TPSA) is 24.8 Å². The van der Waals surface area contributed by atoms with Crippen LogP contribution in [0.15, 0.2) is 12.2 Å². The summed E-state index contributed by atoms with van der Waals surface area (Å²) in [6.45, 7) is 5.47. The summed E-state index contributed by atoms with van der Waals surface area (Å²) in [6.07, 6.45) is 9.50. The third kappa shape index (κ3) is 3.06. The third-order valence-corrected chi connectivity index (χ3v) is 3.61. The fourth-order valence-electron chi connectivity index (χ4n) is 2.60. The Kier molecular flexibility index (Phi) is 3.78. The highest BCUT2D eigenvalue weighted by Crippen LogP contribution is 2.15. The summed E-state index contributed by atoms with van der Waals surface area (Å²) in [4.78, 5) is 14.1. The van der Waals surface area contributed by atoms with Crippen LogP contribution in [0.5, 0.6) is 0 Å². The molecule has 3 heteroatoms. The summed E-state index contributed by atoms with van der Waals surface area (Å²) in [5, 5.41) is 0. The van der Waals surface area contributed by atoms with E-state index in [0.717, 1.165) is 38.5 Å². The van der Waals surface area contributed by atoms with E-state index in [1.54, 1.807) is 4.90 Å². The first-order valence-electron chi connectivity index (χ1n) is 6.06. The molecule has 2 rings (SSSR count). The molecule has 0 bridgehead atoms. The highest BCUT2D eigenvalue weighted by Gasteiger charge is 2.22. The molecule has 0 aromatic heterocycles. The minimum absolute atomic E-state index is 0.882. The molecule has 3 nitrogen and oxygen atoms in total. The van der Waals surface area contributed by atoms with Crippen molar-refractivity contribution in [2.24, 2.45) is 5.92 Å². The van der Waals surface area contributed by atoms with Crippen LogP contribution in [0.25, 0.3) is 0 Å². The number of amides is 1. The Labute approximate surface area is 91.7 Å². The number of allylic oxidation sites excluding steroid dienone is 2. The quantitative estimate of drug-likeness (QED) is 0.501. The molecule has 1 heterocycles. The number of carbonyl (C=O) groups is 1. The van der Waals surface area contributed by atoms with Crippen molar-refractivity contribution in [2.75, 3.05) is 32.7 Å². The predicted octanol–water partition coefficient (Wildman–Crippen LogP) is -0.300. The van der Waals surface area contributed by atoms with Crippen LogP contribution in [0, 0.1) is 5.92 Å². The van der Waals surface area contributed by atoms with Crippen LogP contribution in [0.3, 0.4) is 0 Å². The molecule has 1 N–H and O–H groups in total. The van der Waals surface area contributed by atoms with Gasteiger partial charge in [-0.2, -0.15) is 0 Å². The molecule has 1 atom stereocenters. The van der Waals surface area contributed by atoms with Crippen molar-refractivity contribution < 1.29 is 9.69 Å². The molecule has 0 aromatic rings. The van der Waals surface area contributed by atoms with Gasteiger partial charge in [0, 0.05) is 5.92 Å². The van der Waals surface area contributed by atoms with Gasteiger partial charge in [-0.25, -0.2) is 0 Å². The Hall–Kier alpha value is -0.830. The lowest BCUT2D eigenvalue weighted by Crippen LogP contribution is -3.15. The average molecular weight is 209 g/mol. The van der Waals surface area contributed by atoms with Crippen molar-refractivity contribution in [3.05, 3.63) is 12.2 Å². The maximum atomic E-state index is 10.6. The lowest BCUT2D eigenvalue weighted by Gasteiger charge is -2.32. The lowest BCUT2D eigenvalue weighted by molar-refractivity contribution is -0.907. The summed E-state index contributed by atoms with van der Waals surface area (Å²) >= 11 is 0. The van der Waals surface area contributed by atoms with Gasteiger partial charge < -0.3 is 9.80 Å². The number of hydrogen-bond donors (Lipinski definition) is 1. The van der Waals surface area contributed by atoms with Crippen LogP contribution in [-0.4, -0.2) is 44.0 Å². The molecule has 1 fully saturated rings. The molecule has 0 aromatic carbocycles. The smallest absolute Gasteiger partial charge is 0.210 e. The van der Waals surface area contributed by atoms with E-state index in [2.05, 4.69) is 12.2 Å². The highest BCUT2D eigenvalue weighted by molar-refractivity contribution is 5.46. The third-order valence-electron chi connectivity index (χ3n) is 3.61. The summed E-state index contributed by atoms with van der Waals surface area (Å²) in [5.74, 6) is 0.882. The van der Waals surface area contributed by atoms with Gasteiger partial charge in [0.05, 0.1) is 32.7 Å². The van der Waals surface area contributed by atoms with Gasteiger partial charge in [0.15, 0.2) is 0 Å². The fraction of sp³-hybridized carbons (Fsp3) is 0.750. The van der Waals surface area contributed by atoms with Gasteiger partial charge in [-0.15, -0.1) is 0 Å². The Morgan fingerprint density at radius 2 is 2.13 bits per heavy atom. The summed E-state index contributed by atoms with van der Waals surface area (Å²) in [7, 11) is 0. The van der Waals surface area contributed by atoms with Gasteiger partial charge in [-0.1, -0.05) is 12.2 Å². The Morgan fingerprint density at radius 1 is 1.33 bits per heavy atom. The van der Waals surface area contributed by atoms with E-state index < -0.39 is 0 Å². The van der Waals surface area contributed by atoms with Crippen LogP contribution in [0.4, 0.5) is 0 Å². The molecule has 15 heavy (non-hydrogen) atoms. The Bertz CT molecular complexity index is 232. The number of nitrogens with one attached hydrogen (secondary N) is 1. The molecular formula is C12H21N2O+. The predicted molar refractivity (Wildman–Crippen MR) is 59.7 cm³/mol. The van der Waals surface area contributed by atoms with Crippen LogP contribution < -0.4 is 4.90 Å². The van der Waals surface area contributed by atoms with Gasteiger partial charge in [0.25, 0.3) is 0 Å². The second kappa shape index (κ2) is 5.31. The molecule has 1 amide bonds. The van der Waals surface area contributed by atoms with Crippen molar-refractivity contribution >= 4 is 6.41 Å². The van der Waals surface area contributed by atoms with Crippen LogP contribution in [0.2, 0.25) is 0 Å². The molecule has 0 saturated carbocycles. The standard InChI is InChI=1S/C12H20N2O/c15-11-14-8-6-13(7-9-14)10-12-4-2-1-3-5-12/h1-2,11-12H,3-10H2/p+1/t12-/m0/s1. The SMILES string of the molecule is O=CN1CC[NH+](C[C@H]2CC=CCC2)CC1. The van der Waals surface area contributed by atoms with Crippen molar-refractivity contribution in [1.29, 1.82) is 0 Å². The zero-order chi connectivity index (χ0) is 10.5. The van der Waals surface area contributed by atoms with E-state index in [1.807, 2.05) is 4.90 Å². The van der Waals surface area contributed by atoms with Gasteiger partial charge in [0.1, 0.15) is 0 Å². The Balaban J connectivity index is 1.71. The molecule has 1 aliphatic carbocycles. The van der Waals surface area contributed by atoms with Crippen molar-refractivity contribution in [3.8, 4) is 0 Å². The first-order chi connectivity index (χ1) is 7.38. The fourth-order valence-corrected chi connectivity index (χ4v) is 2.60. The number of quaternary nitrogens is 1. The molecule has 0 radical (unpaired) electrons. The molecular weight excluding hydrogens is 188 g/mol. The minimum Gasteiger partial charge on any atom is -0.334 e. The molecule has 2 aliphatic rings. The molecule has 0 unspecified atom stereocenters. The number of piperazine rings is 1. The molecule has 0 spiro atoms. The first kappa shape index (κ1) is 10.7. The van der Waals surface area contributed by atoms with E-state index in [-0.39, 0.29) is 0 Å². The van der Waals surface area contributed by atoms with E-state index in [9.17, 15) is 4.79 Å². The van der Waals surface area contributed by atoms with Gasteiger partial charge >= 0.3 is 0 Å². The van der Waals surface area contributed by atoms with Crippen LogP contribution >= 0.6 is 0 Å². The summed E-state index contributed by atoms with van der Waals surface area (Å²) in [6, 6.07) is 0. The lowest BCUT2D eigenvalue weighted by atomic mass is 9.94. The van der Waals surface area contributed by atoms with Gasteiger partial charge in [-0.3, -0.25) is 4.79 Å². The second-order valence-corrected chi connectivity index (χ2v) is 4.75. The molecule has 1 aliphatic heterocycles. The summed E-state index contributed by atoms with van der Waals surface area (Å²) in [5.41, 5.74) is 0. The largest absolute Gasteiger partial charge is 0.334 e. The normalized spacial score (nSPS) is 28.0. The number of rotatable bonds is 3. The van der Waals surface area contributed by atoms with Crippen LogP contribution in [0.1, 0.15) is 19.3 Å². The van der Waals surface area contributed by atoms with Crippen LogP contribution in [-0.2, 0) is 4.79 Å². The monoisotopic (exact) mass is 209 g/mol. The maximum Gasteiger partial charge on any atom is 0.210 e.